The van der Waals surface area contributed by atoms with Crippen molar-refractivity contribution in [3.63, 3.8) is 0 Å². The van der Waals surface area contributed by atoms with E-state index in [1.165, 1.54) is 13.4 Å². The average molecular weight is 304 g/mol. The van der Waals surface area contributed by atoms with Crippen LogP contribution in [0.1, 0.15) is 31.4 Å². The molecule has 1 N–H and O–H groups in total. The van der Waals surface area contributed by atoms with Gasteiger partial charge in [0.15, 0.2) is 0 Å². The number of ether oxygens (including phenoxy) is 1. The Morgan fingerprint density at radius 2 is 1.95 bits per heavy atom. The summed E-state index contributed by atoms with van der Waals surface area (Å²) in [6.07, 6.45) is -2.16. The molecule has 0 aliphatic heterocycles. The van der Waals surface area contributed by atoms with Crippen molar-refractivity contribution >= 4 is 0 Å². The first-order chi connectivity index (χ1) is 9.90. The molecule has 1 aromatic heterocycles. The molecule has 0 amide bonds. The van der Waals surface area contributed by atoms with Gasteiger partial charge in [0.25, 0.3) is 0 Å². The van der Waals surface area contributed by atoms with Crippen molar-refractivity contribution in [2.45, 2.75) is 44.4 Å². The molecule has 1 aliphatic carbocycles. The summed E-state index contributed by atoms with van der Waals surface area (Å²) in [4.78, 5) is 7.92. The first kappa shape index (κ1) is 16.0. The number of methoxy groups -OCH3 is 1. The maximum Gasteiger partial charge on any atom is 0.391 e. The molecule has 0 saturated heterocycles. The highest BCUT2D eigenvalue weighted by atomic mass is 19.4. The molecular formula is C14H19F3N2O2. The van der Waals surface area contributed by atoms with Crippen LogP contribution in [0.15, 0.2) is 12.4 Å². The lowest BCUT2D eigenvalue weighted by molar-refractivity contribution is -0.185. The van der Waals surface area contributed by atoms with Crippen molar-refractivity contribution in [3.8, 4) is 5.88 Å². The van der Waals surface area contributed by atoms with Gasteiger partial charge in [-0.1, -0.05) is 0 Å². The SMILES string of the molecule is COc1cc(CC(O)C2CCC(C(F)(F)F)CC2)ncn1. The van der Waals surface area contributed by atoms with E-state index >= 15 is 0 Å². The fraction of sp³-hybridized carbons (Fsp3) is 0.714. The average Bonchev–Trinajstić information content (AvgIpc) is 2.46. The standard InChI is InChI=1S/C14H19F3N2O2/c1-21-13-7-11(18-8-19-13)6-12(20)9-2-4-10(5-3-9)14(15,16)17/h7-10,12,20H,2-6H2,1H3. The van der Waals surface area contributed by atoms with Gasteiger partial charge in [-0.15, -0.1) is 0 Å². The molecule has 118 valence electrons. The maximum atomic E-state index is 12.6. The molecule has 0 spiro atoms. The Morgan fingerprint density at radius 1 is 1.29 bits per heavy atom. The summed E-state index contributed by atoms with van der Waals surface area (Å²) < 4.78 is 42.8. The molecule has 0 bridgehead atoms. The number of halogens is 3. The molecule has 2 rings (SSSR count). The second kappa shape index (κ2) is 6.60. The predicted octanol–water partition coefficient (Wildman–Crippen LogP) is 2.76. The molecule has 1 saturated carbocycles. The van der Waals surface area contributed by atoms with Gasteiger partial charge in [-0.3, -0.25) is 0 Å². The smallest absolute Gasteiger partial charge is 0.391 e. The topological polar surface area (TPSA) is 55.2 Å². The summed E-state index contributed by atoms with van der Waals surface area (Å²) in [7, 11) is 1.49. The number of nitrogens with zero attached hydrogens (tertiary/aromatic N) is 2. The first-order valence-corrected chi connectivity index (χ1v) is 7.00. The zero-order chi connectivity index (χ0) is 15.5. The lowest BCUT2D eigenvalue weighted by Gasteiger charge is -2.32. The molecule has 1 heterocycles. The molecule has 0 aromatic carbocycles. The number of alkyl halides is 3. The summed E-state index contributed by atoms with van der Waals surface area (Å²) in [5, 5.41) is 10.2. The minimum absolute atomic E-state index is 0.0956. The Labute approximate surface area is 121 Å². The number of aliphatic hydroxyl groups is 1. The van der Waals surface area contributed by atoms with Gasteiger partial charge in [-0.05, 0) is 31.6 Å². The van der Waals surface area contributed by atoms with Crippen LogP contribution in [-0.2, 0) is 6.42 Å². The van der Waals surface area contributed by atoms with E-state index in [1.54, 1.807) is 6.07 Å². The number of aromatic nitrogens is 2. The lowest BCUT2D eigenvalue weighted by Crippen LogP contribution is -2.33. The summed E-state index contributed by atoms with van der Waals surface area (Å²) in [6.45, 7) is 0. The Hall–Kier alpha value is -1.37. The van der Waals surface area contributed by atoms with Gasteiger partial charge in [-0.2, -0.15) is 13.2 Å². The first-order valence-electron chi connectivity index (χ1n) is 7.00. The van der Waals surface area contributed by atoms with Crippen LogP contribution in [0.5, 0.6) is 5.88 Å². The molecule has 1 aliphatic rings. The van der Waals surface area contributed by atoms with Gasteiger partial charge < -0.3 is 9.84 Å². The van der Waals surface area contributed by atoms with Gasteiger partial charge in [0.2, 0.25) is 5.88 Å². The van der Waals surface area contributed by atoms with Gasteiger partial charge in [0.05, 0.1) is 24.8 Å². The number of hydrogen-bond donors (Lipinski definition) is 1. The molecule has 0 radical (unpaired) electrons. The molecule has 1 fully saturated rings. The molecule has 1 aromatic rings. The van der Waals surface area contributed by atoms with E-state index in [4.69, 9.17) is 4.74 Å². The van der Waals surface area contributed by atoms with Crippen LogP contribution in [0.3, 0.4) is 0 Å². The highest BCUT2D eigenvalue weighted by Crippen LogP contribution is 2.40. The van der Waals surface area contributed by atoms with Gasteiger partial charge >= 0.3 is 6.18 Å². The zero-order valence-electron chi connectivity index (χ0n) is 11.8. The molecule has 7 heteroatoms. The number of aliphatic hydroxyl groups excluding tert-OH is 1. The van der Waals surface area contributed by atoms with Gasteiger partial charge in [0.1, 0.15) is 6.33 Å². The lowest BCUT2D eigenvalue weighted by atomic mass is 9.78. The molecule has 4 nitrogen and oxygen atoms in total. The second-order valence-corrected chi connectivity index (χ2v) is 5.48. The van der Waals surface area contributed by atoms with Crippen molar-refractivity contribution in [1.82, 2.24) is 9.97 Å². The third-order valence-electron chi connectivity index (χ3n) is 4.10. The van der Waals surface area contributed by atoms with Crippen molar-refractivity contribution in [1.29, 1.82) is 0 Å². The van der Waals surface area contributed by atoms with Gasteiger partial charge in [0, 0.05) is 12.5 Å². The van der Waals surface area contributed by atoms with Crippen LogP contribution in [0.2, 0.25) is 0 Å². The van der Waals surface area contributed by atoms with Crippen LogP contribution in [-0.4, -0.2) is 34.5 Å². The van der Waals surface area contributed by atoms with Crippen LogP contribution in [0.25, 0.3) is 0 Å². The minimum atomic E-state index is -4.12. The quantitative estimate of drug-likeness (QED) is 0.929. The van der Waals surface area contributed by atoms with E-state index in [0.29, 0.717) is 30.8 Å². The number of hydrogen-bond acceptors (Lipinski definition) is 4. The van der Waals surface area contributed by atoms with Gasteiger partial charge in [-0.25, -0.2) is 9.97 Å². The Morgan fingerprint density at radius 3 is 2.52 bits per heavy atom. The highest BCUT2D eigenvalue weighted by Gasteiger charge is 2.42. The van der Waals surface area contributed by atoms with E-state index in [1.807, 2.05) is 0 Å². The van der Waals surface area contributed by atoms with Crippen LogP contribution in [0, 0.1) is 11.8 Å². The molecule has 1 unspecified atom stereocenters. The van der Waals surface area contributed by atoms with Crippen LogP contribution >= 0.6 is 0 Å². The van der Waals surface area contributed by atoms with Crippen LogP contribution < -0.4 is 4.74 Å². The van der Waals surface area contributed by atoms with E-state index < -0.39 is 18.2 Å². The Balaban J connectivity index is 1.88. The van der Waals surface area contributed by atoms with Crippen molar-refractivity contribution in [3.05, 3.63) is 18.1 Å². The predicted molar refractivity (Wildman–Crippen MR) is 69.8 cm³/mol. The van der Waals surface area contributed by atoms with E-state index in [9.17, 15) is 18.3 Å². The van der Waals surface area contributed by atoms with Crippen LogP contribution in [0.4, 0.5) is 13.2 Å². The summed E-state index contributed by atoms with van der Waals surface area (Å²) in [5.74, 6) is -0.919. The van der Waals surface area contributed by atoms with E-state index in [-0.39, 0.29) is 18.8 Å². The summed E-state index contributed by atoms with van der Waals surface area (Å²) in [6, 6.07) is 1.63. The molecule has 21 heavy (non-hydrogen) atoms. The summed E-state index contributed by atoms with van der Waals surface area (Å²) >= 11 is 0. The van der Waals surface area contributed by atoms with Crippen molar-refractivity contribution < 1.29 is 23.0 Å². The summed E-state index contributed by atoms with van der Waals surface area (Å²) in [5.41, 5.74) is 0.632. The maximum absolute atomic E-state index is 12.6. The second-order valence-electron chi connectivity index (χ2n) is 5.48. The third kappa shape index (κ3) is 4.30. The third-order valence-corrected chi connectivity index (χ3v) is 4.10. The van der Waals surface area contributed by atoms with Crippen molar-refractivity contribution in [2.75, 3.05) is 7.11 Å². The monoisotopic (exact) mass is 304 g/mol. The minimum Gasteiger partial charge on any atom is -0.481 e. The largest absolute Gasteiger partial charge is 0.481 e. The van der Waals surface area contributed by atoms with E-state index in [2.05, 4.69) is 9.97 Å². The fourth-order valence-electron chi connectivity index (χ4n) is 2.81. The van der Waals surface area contributed by atoms with E-state index in [0.717, 1.165) is 0 Å². The molecular weight excluding hydrogens is 285 g/mol. The fourth-order valence-corrected chi connectivity index (χ4v) is 2.81. The van der Waals surface area contributed by atoms with Crippen molar-refractivity contribution in [2.24, 2.45) is 11.8 Å². The Kier molecular flexibility index (Phi) is 5.03. The zero-order valence-corrected chi connectivity index (χ0v) is 11.8. The highest BCUT2D eigenvalue weighted by molar-refractivity contribution is 5.14. The molecule has 1 atom stereocenters. The normalized spacial score (nSPS) is 24.6. The Bertz CT molecular complexity index is 460. The number of rotatable bonds is 4.